The molecule has 0 saturated heterocycles. The maximum atomic E-state index is 12.3. The first-order valence-corrected chi connectivity index (χ1v) is 6.33. The fraction of sp³-hybridized carbons (Fsp3) is 0.286. The number of nitro benzene ring substituents is 1. The molecule has 1 amide bonds. The lowest BCUT2D eigenvalue weighted by atomic mass is 10.1. The van der Waals surface area contributed by atoms with Crippen LogP contribution in [0.25, 0.3) is 0 Å². The normalized spacial score (nSPS) is 10.4. The van der Waals surface area contributed by atoms with Crippen molar-refractivity contribution in [2.45, 2.75) is 20.3 Å². The Bertz CT molecular complexity index is 674. The molecule has 0 bridgehead atoms. The molecule has 1 aromatic heterocycles. The summed E-state index contributed by atoms with van der Waals surface area (Å²) in [5.74, 6) is 0.368. The number of anilines is 1. The Hall–Kier alpha value is -2.70. The minimum absolute atomic E-state index is 0.0275. The molecule has 0 saturated carbocycles. The number of hydrogen-bond acceptors (Lipinski definition) is 5. The summed E-state index contributed by atoms with van der Waals surface area (Å²) >= 11 is 0. The van der Waals surface area contributed by atoms with Gasteiger partial charge in [-0.2, -0.15) is 0 Å². The number of hydrogen-bond donors (Lipinski definition) is 0. The van der Waals surface area contributed by atoms with Gasteiger partial charge in [0.2, 0.25) is 5.91 Å². The Kier molecular flexibility index (Phi) is 4.02. The van der Waals surface area contributed by atoms with Crippen molar-refractivity contribution in [1.82, 2.24) is 5.16 Å². The number of benzene rings is 1. The van der Waals surface area contributed by atoms with E-state index < -0.39 is 4.92 Å². The van der Waals surface area contributed by atoms with Crippen molar-refractivity contribution in [3.05, 3.63) is 51.4 Å². The Labute approximate surface area is 121 Å². The van der Waals surface area contributed by atoms with Crippen molar-refractivity contribution in [2.75, 3.05) is 11.9 Å². The highest BCUT2D eigenvalue weighted by Gasteiger charge is 2.20. The molecule has 0 fully saturated rings. The van der Waals surface area contributed by atoms with Gasteiger partial charge in [0.25, 0.3) is 5.69 Å². The van der Waals surface area contributed by atoms with Gasteiger partial charge in [0, 0.05) is 19.2 Å². The summed E-state index contributed by atoms with van der Waals surface area (Å²) in [6.45, 7) is 3.48. The van der Waals surface area contributed by atoms with E-state index in [1.807, 2.05) is 0 Å². The molecule has 7 heteroatoms. The van der Waals surface area contributed by atoms with E-state index in [0.717, 1.165) is 0 Å². The van der Waals surface area contributed by atoms with Gasteiger partial charge in [-0.3, -0.25) is 14.9 Å². The van der Waals surface area contributed by atoms with Gasteiger partial charge < -0.3 is 9.42 Å². The fourth-order valence-electron chi connectivity index (χ4n) is 2.15. The molecule has 0 spiro atoms. The zero-order chi connectivity index (χ0) is 15.6. The van der Waals surface area contributed by atoms with Crippen LogP contribution >= 0.6 is 0 Å². The van der Waals surface area contributed by atoms with Crippen LogP contribution in [0.1, 0.15) is 17.0 Å². The smallest absolute Gasteiger partial charge is 0.269 e. The quantitative estimate of drug-likeness (QED) is 0.637. The Morgan fingerprint density at radius 1 is 1.43 bits per heavy atom. The van der Waals surface area contributed by atoms with Crippen LogP contribution in [0.3, 0.4) is 0 Å². The summed E-state index contributed by atoms with van der Waals surface area (Å²) in [6.07, 6.45) is 0.0717. The predicted octanol–water partition coefficient (Wildman–Crippen LogP) is 2.41. The number of aryl methyl sites for hydroxylation is 2. The standard InChI is InChI=1S/C14H15N3O4/c1-9-14(10(2)21-15-9)16(3)13(18)8-11-5-4-6-12(7-11)17(19)20/h4-7H,8H2,1-3H3. The Morgan fingerprint density at radius 3 is 2.71 bits per heavy atom. The summed E-state index contributed by atoms with van der Waals surface area (Å²) in [5.41, 5.74) is 1.82. The number of nitrogens with zero attached hydrogens (tertiary/aromatic N) is 3. The number of rotatable bonds is 4. The molecule has 7 nitrogen and oxygen atoms in total. The monoisotopic (exact) mass is 289 g/mol. The van der Waals surface area contributed by atoms with Crippen molar-refractivity contribution < 1.29 is 14.2 Å². The number of carbonyl (C=O) groups excluding carboxylic acids is 1. The largest absolute Gasteiger partial charge is 0.359 e. The van der Waals surface area contributed by atoms with Gasteiger partial charge in [0.1, 0.15) is 11.4 Å². The number of non-ortho nitro benzene ring substituents is 1. The summed E-state index contributed by atoms with van der Waals surface area (Å²) in [4.78, 5) is 24.0. The summed E-state index contributed by atoms with van der Waals surface area (Å²) < 4.78 is 5.03. The second kappa shape index (κ2) is 5.74. The lowest BCUT2D eigenvalue weighted by Crippen LogP contribution is -2.28. The molecule has 1 heterocycles. The number of nitro groups is 1. The summed E-state index contributed by atoms with van der Waals surface area (Å²) in [7, 11) is 1.63. The predicted molar refractivity (Wildman–Crippen MR) is 76.2 cm³/mol. The average Bonchev–Trinajstić information content (AvgIpc) is 2.77. The third kappa shape index (κ3) is 3.07. The number of carbonyl (C=O) groups is 1. The van der Waals surface area contributed by atoms with Crippen molar-refractivity contribution in [2.24, 2.45) is 0 Å². The first-order valence-electron chi connectivity index (χ1n) is 6.33. The second-order valence-corrected chi connectivity index (χ2v) is 4.73. The van der Waals surface area contributed by atoms with E-state index in [-0.39, 0.29) is 18.0 Å². The molecule has 1 aromatic carbocycles. The van der Waals surface area contributed by atoms with Crippen LogP contribution < -0.4 is 4.90 Å². The molecule has 0 radical (unpaired) electrons. The molecule has 0 aliphatic heterocycles. The van der Waals surface area contributed by atoms with Gasteiger partial charge in [-0.15, -0.1) is 0 Å². The van der Waals surface area contributed by atoms with Crippen LogP contribution in [-0.2, 0) is 11.2 Å². The van der Waals surface area contributed by atoms with E-state index in [0.29, 0.717) is 22.7 Å². The highest BCUT2D eigenvalue weighted by Crippen LogP contribution is 2.24. The van der Waals surface area contributed by atoms with Crippen molar-refractivity contribution >= 4 is 17.3 Å². The van der Waals surface area contributed by atoms with Crippen molar-refractivity contribution in [3.63, 3.8) is 0 Å². The molecule has 0 aliphatic rings. The minimum Gasteiger partial charge on any atom is -0.359 e. The molecule has 0 unspecified atom stereocenters. The lowest BCUT2D eigenvalue weighted by molar-refractivity contribution is -0.384. The molecule has 0 aliphatic carbocycles. The van der Waals surface area contributed by atoms with E-state index >= 15 is 0 Å². The molecule has 2 aromatic rings. The van der Waals surface area contributed by atoms with Gasteiger partial charge in [-0.1, -0.05) is 17.3 Å². The molecule has 0 atom stereocenters. The topological polar surface area (TPSA) is 89.5 Å². The highest BCUT2D eigenvalue weighted by atomic mass is 16.6. The minimum atomic E-state index is -0.480. The van der Waals surface area contributed by atoms with Gasteiger partial charge >= 0.3 is 0 Å². The highest BCUT2D eigenvalue weighted by molar-refractivity contribution is 5.95. The van der Waals surface area contributed by atoms with E-state index in [4.69, 9.17) is 4.52 Å². The maximum absolute atomic E-state index is 12.3. The third-order valence-corrected chi connectivity index (χ3v) is 3.18. The zero-order valence-electron chi connectivity index (χ0n) is 12.0. The Balaban J connectivity index is 2.18. The summed E-state index contributed by atoms with van der Waals surface area (Å²) in [6, 6.07) is 6.05. The molecular weight excluding hydrogens is 274 g/mol. The van der Waals surface area contributed by atoms with Crippen LogP contribution in [-0.4, -0.2) is 23.0 Å². The van der Waals surface area contributed by atoms with Gasteiger partial charge in [0.15, 0.2) is 5.76 Å². The molecular formula is C14H15N3O4. The van der Waals surface area contributed by atoms with Crippen molar-refractivity contribution in [1.29, 1.82) is 0 Å². The molecule has 110 valence electrons. The van der Waals surface area contributed by atoms with E-state index in [9.17, 15) is 14.9 Å². The first-order chi connectivity index (χ1) is 9.90. The van der Waals surface area contributed by atoms with Gasteiger partial charge in [0.05, 0.1) is 11.3 Å². The fourth-order valence-corrected chi connectivity index (χ4v) is 2.15. The Morgan fingerprint density at radius 2 is 2.14 bits per heavy atom. The van der Waals surface area contributed by atoms with Crippen LogP contribution in [0.5, 0.6) is 0 Å². The first kappa shape index (κ1) is 14.7. The second-order valence-electron chi connectivity index (χ2n) is 4.73. The van der Waals surface area contributed by atoms with Gasteiger partial charge in [-0.25, -0.2) is 0 Å². The van der Waals surface area contributed by atoms with E-state index in [2.05, 4.69) is 5.16 Å². The molecule has 0 N–H and O–H groups in total. The van der Waals surface area contributed by atoms with Crippen LogP contribution in [0.15, 0.2) is 28.8 Å². The van der Waals surface area contributed by atoms with Crippen LogP contribution in [0, 0.1) is 24.0 Å². The SMILES string of the molecule is Cc1noc(C)c1N(C)C(=O)Cc1cccc([N+](=O)[O-])c1. The van der Waals surface area contributed by atoms with Crippen molar-refractivity contribution in [3.8, 4) is 0 Å². The van der Waals surface area contributed by atoms with Gasteiger partial charge in [-0.05, 0) is 19.4 Å². The van der Waals surface area contributed by atoms with E-state index in [1.54, 1.807) is 33.0 Å². The molecule has 21 heavy (non-hydrogen) atoms. The number of amides is 1. The lowest BCUT2D eigenvalue weighted by Gasteiger charge is -2.16. The third-order valence-electron chi connectivity index (χ3n) is 3.18. The van der Waals surface area contributed by atoms with Crippen LogP contribution in [0.4, 0.5) is 11.4 Å². The molecule has 2 rings (SSSR count). The number of likely N-dealkylation sites (N-methyl/N-ethyl adjacent to an activating group) is 1. The average molecular weight is 289 g/mol. The zero-order valence-corrected chi connectivity index (χ0v) is 12.0. The number of aromatic nitrogens is 1. The van der Waals surface area contributed by atoms with E-state index in [1.165, 1.54) is 17.0 Å². The van der Waals surface area contributed by atoms with Crippen LogP contribution in [0.2, 0.25) is 0 Å². The summed E-state index contributed by atoms with van der Waals surface area (Å²) in [5, 5.41) is 14.5. The maximum Gasteiger partial charge on any atom is 0.269 e.